The van der Waals surface area contributed by atoms with Crippen LogP contribution in [0.25, 0.3) is 11.4 Å². The zero-order chi connectivity index (χ0) is 13.3. The van der Waals surface area contributed by atoms with E-state index in [2.05, 4.69) is 9.97 Å². The number of hydrogen-bond acceptors (Lipinski definition) is 2. The highest BCUT2D eigenvalue weighted by Gasteiger charge is 2.30. The van der Waals surface area contributed by atoms with Crippen molar-refractivity contribution in [3.63, 3.8) is 0 Å². The standard InChI is InChI=1S/C11H7F3N2O2/c12-11(13,14)6-1-2-7(15-5-6)8-3-4-9(16-8)10(17)18/h1-5,16H,(H,17,18). The van der Waals surface area contributed by atoms with Crippen LogP contribution in [0, 0.1) is 0 Å². The van der Waals surface area contributed by atoms with E-state index in [-0.39, 0.29) is 11.4 Å². The highest BCUT2D eigenvalue weighted by Crippen LogP contribution is 2.29. The predicted octanol–water partition coefficient (Wildman–Crippen LogP) is 2.79. The molecule has 0 aliphatic carbocycles. The summed E-state index contributed by atoms with van der Waals surface area (Å²) in [7, 11) is 0. The fourth-order valence-electron chi connectivity index (χ4n) is 1.39. The van der Waals surface area contributed by atoms with Gasteiger partial charge in [0.15, 0.2) is 0 Å². The number of aromatic amines is 1. The van der Waals surface area contributed by atoms with E-state index in [9.17, 15) is 18.0 Å². The second-order valence-electron chi connectivity index (χ2n) is 3.52. The number of rotatable bonds is 2. The van der Waals surface area contributed by atoms with E-state index in [4.69, 9.17) is 5.11 Å². The monoisotopic (exact) mass is 256 g/mol. The lowest BCUT2D eigenvalue weighted by molar-refractivity contribution is -0.137. The molecule has 0 bridgehead atoms. The summed E-state index contributed by atoms with van der Waals surface area (Å²) >= 11 is 0. The smallest absolute Gasteiger partial charge is 0.417 e. The molecule has 2 rings (SSSR count). The second-order valence-corrected chi connectivity index (χ2v) is 3.52. The Kier molecular flexibility index (Phi) is 2.82. The van der Waals surface area contributed by atoms with Gasteiger partial charge in [-0.2, -0.15) is 13.2 Å². The SMILES string of the molecule is O=C(O)c1ccc(-c2ccc(C(F)(F)F)cn2)[nH]1. The van der Waals surface area contributed by atoms with Crippen molar-refractivity contribution in [2.24, 2.45) is 0 Å². The van der Waals surface area contributed by atoms with E-state index in [0.29, 0.717) is 11.9 Å². The van der Waals surface area contributed by atoms with Gasteiger partial charge < -0.3 is 10.1 Å². The summed E-state index contributed by atoms with van der Waals surface area (Å²) in [6, 6.07) is 4.83. The summed E-state index contributed by atoms with van der Waals surface area (Å²) in [4.78, 5) is 16.8. The normalized spacial score (nSPS) is 11.5. The van der Waals surface area contributed by atoms with Crippen molar-refractivity contribution >= 4 is 5.97 Å². The molecule has 2 N–H and O–H groups in total. The van der Waals surface area contributed by atoms with Gasteiger partial charge in [-0.05, 0) is 24.3 Å². The molecule has 0 saturated heterocycles. The third-order valence-electron chi connectivity index (χ3n) is 2.28. The number of carbonyl (C=O) groups is 1. The van der Waals surface area contributed by atoms with Gasteiger partial charge in [0.25, 0.3) is 0 Å². The third-order valence-corrected chi connectivity index (χ3v) is 2.28. The van der Waals surface area contributed by atoms with Crippen molar-refractivity contribution in [1.82, 2.24) is 9.97 Å². The topological polar surface area (TPSA) is 66.0 Å². The van der Waals surface area contributed by atoms with Crippen LogP contribution >= 0.6 is 0 Å². The molecule has 0 aliphatic heterocycles. The van der Waals surface area contributed by atoms with Gasteiger partial charge in [-0.15, -0.1) is 0 Å². The molecule has 0 radical (unpaired) electrons. The van der Waals surface area contributed by atoms with Gasteiger partial charge >= 0.3 is 12.1 Å². The predicted molar refractivity (Wildman–Crippen MR) is 56.0 cm³/mol. The second kappa shape index (κ2) is 4.17. The Hall–Kier alpha value is -2.31. The zero-order valence-electron chi connectivity index (χ0n) is 8.82. The Bertz CT molecular complexity index is 573. The van der Waals surface area contributed by atoms with E-state index in [1.165, 1.54) is 18.2 Å². The molecule has 0 aromatic carbocycles. The number of carboxylic acids is 1. The zero-order valence-corrected chi connectivity index (χ0v) is 8.82. The van der Waals surface area contributed by atoms with Crippen LogP contribution in [-0.2, 0) is 6.18 Å². The largest absolute Gasteiger partial charge is 0.477 e. The molecule has 0 saturated carbocycles. The van der Waals surface area contributed by atoms with Crippen LogP contribution in [0.3, 0.4) is 0 Å². The number of pyridine rings is 1. The van der Waals surface area contributed by atoms with E-state index in [1.54, 1.807) is 0 Å². The lowest BCUT2D eigenvalue weighted by Gasteiger charge is -2.06. The van der Waals surface area contributed by atoms with Gasteiger partial charge in [0, 0.05) is 6.20 Å². The van der Waals surface area contributed by atoms with Crippen molar-refractivity contribution in [3.8, 4) is 11.4 Å². The fraction of sp³-hybridized carbons (Fsp3) is 0.0909. The molecular formula is C11H7F3N2O2. The van der Waals surface area contributed by atoms with Crippen molar-refractivity contribution in [1.29, 1.82) is 0 Å². The van der Waals surface area contributed by atoms with Crippen LogP contribution in [-0.4, -0.2) is 21.0 Å². The molecule has 0 atom stereocenters. The van der Waals surface area contributed by atoms with Gasteiger partial charge in [0.2, 0.25) is 0 Å². The molecule has 0 unspecified atom stereocenters. The molecule has 0 amide bonds. The van der Waals surface area contributed by atoms with E-state index >= 15 is 0 Å². The van der Waals surface area contributed by atoms with Crippen LogP contribution in [0.1, 0.15) is 16.1 Å². The number of alkyl halides is 3. The lowest BCUT2D eigenvalue weighted by Crippen LogP contribution is -2.05. The first-order valence-electron chi connectivity index (χ1n) is 4.84. The summed E-state index contributed by atoms with van der Waals surface area (Å²) in [6.07, 6.45) is -3.73. The lowest BCUT2D eigenvalue weighted by atomic mass is 10.2. The minimum Gasteiger partial charge on any atom is -0.477 e. The maximum absolute atomic E-state index is 12.3. The van der Waals surface area contributed by atoms with Gasteiger partial charge in [0.1, 0.15) is 5.69 Å². The van der Waals surface area contributed by atoms with Gasteiger partial charge in [0.05, 0.1) is 17.0 Å². The number of aromatic carboxylic acids is 1. The summed E-state index contributed by atoms with van der Waals surface area (Å²) < 4.78 is 36.9. The van der Waals surface area contributed by atoms with Crippen LogP contribution in [0.4, 0.5) is 13.2 Å². The van der Waals surface area contributed by atoms with Crippen molar-refractivity contribution in [2.45, 2.75) is 6.18 Å². The Morgan fingerprint density at radius 3 is 2.39 bits per heavy atom. The number of aromatic nitrogens is 2. The van der Waals surface area contributed by atoms with Crippen LogP contribution < -0.4 is 0 Å². The molecule has 2 heterocycles. The van der Waals surface area contributed by atoms with Crippen LogP contribution in [0.15, 0.2) is 30.5 Å². The molecule has 0 spiro atoms. The molecule has 2 aromatic heterocycles. The van der Waals surface area contributed by atoms with Crippen molar-refractivity contribution in [3.05, 3.63) is 41.7 Å². The average Bonchev–Trinajstić information content (AvgIpc) is 2.77. The summed E-state index contributed by atoms with van der Waals surface area (Å²) in [5.74, 6) is -1.15. The van der Waals surface area contributed by atoms with Crippen LogP contribution in [0.5, 0.6) is 0 Å². The van der Waals surface area contributed by atoms with Gasteiger partial charge in [-0.3, -0.25) is 4.98 Å². The maximum Gasteiger partial charge on any atom is 0.417 e. The Morgan fingerprint density at radius 1 is 1.22 bits per heavy atom. The van der Waals surface area contributed by atoms with Crippen LogP contribution in [0.2, 0.25) is 0 Å². The third kappa shape index (κ3) is 2.34. The number of nitrogens with one attached hydrogen (secondary N) is 1. The maximum atomic E-state index is 12.3. The minimum atomic E-state index is -4.44. The first-order valence-corrected chi connectivity index (χ1v) is 4.84. The van der Waals surface area contributed by atoms with Gasteiger partial charge in [-0.25, -0.2) is 4.79 Å². The van der Waals surface area contributed by atoms with E-state index in [0.717, 1.165) is 6.07 Å². The quantitative estimate of drug-likeness (QED) is 0.868. The van der Waals surface area contributed by atoms with E-state index in [1.807, 2.05) is 0 Å². The molecule has 94 valence electrons. The molecular weight excluding hydrogens is 249 g/mol. The van der Waals surface area contributed by atoms with Crippen molar-refractivity contribution < 1.29 is 23.1 Å². The first-order chi connectivity index (χ1) is 8.38. The number of H-pyrrole nitrogens is 1. The molecule has 2 aromatic rings. The number of carboxylic acid groups (broad SMARTS) is 1. The van der Waals surface area contributed by atoms with E-state index < -0.39 is 17.7 Å². The molecule has 4 nitrogen and oxygen atoms in total. The summed E-state index contributed by atoms with van der Waals surface area (Å²) in [6.45, 7) is 0. The average molecular weight is 256 g/mol. The first kappa shape index (κ1) is 12.2. The molecule has 0 fully saturated rings. The summed E-state index contributed by atoms with van der Waals surface area (Å²) in [5.41, 5.74) is -0.306. The Balaban J connectivity index is 2.31. The highest BCUT2D eigenvalue weighted by atomic mass is 19.4. The molecule has 0 aliphatic rings. The van der Waals surface area contributed by atoms with Crippen molar-refractivity contribution in [2.75, 3.05) is 0 Å². The van der Waals surface area contributed by atoms with Gasteiger partial charge in [-0.1, -0.05) is 0 Å². The number of hydrogen-bond donors (Lipinski definition) is 2. The molecule has 7 heteroatoms. The minimum absolute atomic E-state index is 0.0494. The number of halogens is 3. The Labute approximate surface area is 99.1 Å². The highest BCUT2D eigenvalue weighted by molar-refractivity contribution is 5.86. The number of nitrogens with zero attached hydrogens (tertiary/aromatic N) is 1. The molecule has 18 heavy (non-hydrogen) atoms. The fourth-order valence-corrected chi connectivity index (χ4v) is 1.39. The summed E-state index contributed by atoms with van der Waals surface area (Å²) in [5, 5.41) is 8.70. The Morgan fingerprint density at radius 2 is 1.94 bits per heavy atom.